The number of carbonyl (C=O) groups is 1. The van der Waals surface area contributed by atoms with Gasteiger partial charge in [0.1, 0.15) is 0 Å². The molecule has 0 saturated heterocycles. The summed E-state index contributed by atoms with van der Waals surface area (Å²) < 4.78 is 0. The van der Waals surface area contributed by atoms with Crippen molar-refractivity contribution in [2.75, 3.05) is 0 Å². The number of hydrogen-bond donors (Lipinski definition) is 1. The Morgan fingerprint density at radius 3 is 2.29 bits per heavy atom. The molecule has 0 unspecified atom stereocenters. The molecular formula is C19H21NO. The van der Waals surface area contributed by atoms with Crippen LogP contribution in [0.25, 0.3) is 0 Å². The van der Waals surface area contributed by atoms with Gasteiger partial charge in [-0.25, -0.2) is 0 Å². The second-order valence-electron chi connectivity index (χ2n) is 5.06. The molecular weight excluding hydrogens is 258 g/mol. The predicted molar refractivity (Wildman–Crippen MR) is 87.3 cm³/mol. The minimum Gasteiger partial charge on any atom is -0.346 e. The van der Waals surface area contributed by atoms with Crippen molar-refractivity contribution in [3.63, 3.8) is 0 Å². The molecule has 2 aromatic carbocycles. The molecule has 0 aromatic heterocycles. The third kappa shape index (κ3) is 4.92. The highest BCUT2D eigenvalue weighted by Crippen LogP contribution is 2.08. The molecule has 1 amide bonds. The Kier molecular flexibility index (Phi) is 5.77. The van der Waals surface area contributed by atoms with Gasteiger partial charge in [0.2, 0.25) is 0 Å². The van der Waals surface area contributed by atoms with Gasteiger partial charge < -0.3 is 5.32 Å². The van der Waals surface area contributed by atoms with E-state index in [1.54, 1.807) is 0 Å². The highest BCUT2D eigenvalue weighted by Gasteiger charge is 2.10. The van der Waals surface area contributed by atoms with Gasteiger partial charge in [0.05, 0.1) is 0 Å². The molecule has 2 rings (SSSR count). The van der Waals surface area contributed by atoms with Crippen molar-refractivity contribution in [2.45, 2.75) is 25.3 Å². The number of amides is 1. The molecule has 1 N–H and O–H groups in total. The summed E-state index contributed by atoms with van der Waals surface area (Å²) in [6.45, 7) is 3.82. The second kappa shape index (κ2) is 8.05. The number of aryl methyl sites for hydroxylation is 1. The van der Waals surface area contributed by atoms with Gasteiger partial charge in [0.25, 0.3) is 5.91 Å². The molecule has 0 spiro atoms. The van der Waals surface area contributed by atoms with Crippen LogP contribution in [0.3, 0.4) is 0 Å². The van der Waals surface area contributed by atoms with E-state index in [1.807, 2.05) is 42.5 Å². The molecule has 1 atom stereocenters. The first-order chi connectivity index (χ1) is 10.3. The Bertz CT molecular complexity index is 563. The highest BCUT2D eigenvalue weighted by molar-refractivity contribution is 5.94. The molecule has 0 bridgehead atoms. The van der Waals surface area contributed by atoms with Gasteiger partial charge in [-0.2, -0.15) is 0 Å². The Hall–Kier alpha value is -2.35. The lowest BCUT2D eigenvalue weighted by Crippen LogP contribution is -2.33. The second-order valence-corrected chi connectivity index (χ2v) is 5.06. The van der Waals surface area contributed by atoms with Crippen LogP contribution in [0, 0.1) is 0 Å². The molecule has 0 aliphatic heterocycles. The van der Waals surface area contributed by atoms with Crippen LogP contribution in [-0.4, -0.2) is 11.9 Å². The maximum absolute atomic E-state index is 12.1. The molecule has 0 heterocycles. The monoisotopic (exact) mass is 279 g/mol. The molecule has 0 radical (unpaired) electrons. The fourth-order valence-corrected chi connectivity index (χ4v) is 2.26. The van der Waals surface area contributed by atoms with E-state index in [-0.39, 0.29) is 11.9 Å². The lowest BCUT2D eigenvalue weighted by atomic mass is 10.0. The smallest absolute Gasteiger partial charge is 0.251 e. The molecule has 0 aliphatic carbocycles. The van der Waals surface area contributed by atoms with Crippen LogP contribution in [-0.2, 0) is 6.42 Å². The quantitative estimate of drug-likeness (QED) is 0.763. The highest BCUT2D eigenvalue weighted by atomic mass is 16.1. The third-order valence-corrected chi connectivity index (χ3v) is 3.46. The van der Waals surface area contributed by atoms with Gasteiger partial charge in [-0.05, 0) is 37.0 Å². The van der Waals surface area contributed by atoms with Gasteiger partial charge in [-0.15, -0.1) is 6.58 Å². The van der Waals surface area contributed by atoms with Crippen molar-refractivity contribution >= 4 is 5.91 Å². The van der Waals surface area contributed by atoms with Crippen LogP contribution >= 0.6 is 0 Å². The summed E-state index contributed by atoms with van der Waals surface area (Å²) in [5.74, 6) is -0.0415. The topological polar surface area (TPSA) is 29.1 Å². The average Bonchev–Trinajstić information content (AvgIpc) is 2.55. The van der Waals surface area contributed by atoms with Crippen LogP contribution < -0.4 is 5.32 Å². The fourth-order valence-electron chi connectivity index (χ4n) is 2.26. The van der Waals surface area contributed by atoms with E-state index in [0.29, 0.717) is 5.56 Å². The lowest BCUT2D eigenvalue weighted by molar-refractivity contribution is 0.0942. The van der Waals surface area contributed by atoms with Gasteiger partial charge in [0.15, 0.2) is 0 Å². The first-order valence-electron chi connectivity index (χ1n) is 7.32. The average molecular weight is 279 g/mol. The number of carbonyl (C=O) groups excluding carboxylic acids is 1. The third-order valence-electron chi connectivity index (χ3n) is 3.46. The Morgan fingerprint density at radius 1 is 1.05 bits per heavy atom. The van der Waals surface area contributed by atoms with Crippen molar-refractivity contribution in [1.29, 1.82) is 0 Å². The molecule has 2 heteroatoms. The number of rotatable bonds is 7. The van der Waals surface area contributed by atoms with E-state index in [2.05, 4.69) is 36.2 Å². The molecule has 2 aromatic rings. The van der Waals surface area contributed by atoms with Gasteiger partial charge in [-0.3, -0.25) is 4.79 Å². The molecule has 0 fully saturated rings. The largest absolute Gasteiger partial charge is 0.346 e. The van der Waals surface area contributed by atoms with Crippen LogP contribution in [0.1, 0.15) is 28.8 Å². The van der Waals surface area contributed by atoms with Crippen LogP contribution in [0.15, 0.2) is 73.3 Å². The van der Waals surface area contributed by atoms with E-state index in [1.165, 1.54) is 5.56 Å². The van der Waals surface area contributed by atoms with Crippen molar-refractivity contribution in [2.24, 2.45) is 0 Å². The first-order valence-corrected chi connectivity index (χ1v) is 7.32. The zero-order valence-electron chi connectivity index (χ0n) is 12.2. The summed E-state index contributed by atoms with van der Waals surface area (Å²) in [5.41, 5.74) is 2.02. The minimum atomic E-state index is -0.0415. The van der Waals surface area contributed by atoms with Crippen molar-refractivity contribution in [3.05, 3.63) is 84.4 Å². The van der Waals surface area contributed by atoms with E-state index < -0.39 is 0 Å². The molecule has 108 valence electrons. The van der Waals surface area contributed by atoms with Crippen molar-refractivity contribution in [3.8, 4) is 0 Å². The summed E-state index contributed by atoms with van der Waals surface area (Å²) in [4.78, 5) is 12.1. The number of benzene rings is 2. The van der Waals surface area contributed by atoms with Crippen molar-refractivity contribution < 1.29 is 4.79 Å². The molecule has 2 nitrogen and oxygen atoms in total. The molecule has 0 aliphatic rings. The van der Waals surface area contributed by atoms with Gasteiger partial charge in [0, 0.05) is 11.6 Å². The summed E-state index contributed by atoms with van der Waals surface area (Å²) >= 11 is 0. The summed E-state index contributed by atoms with van der Waals surface area (Å²) in [7, 11) is 0. The zero-order valence-corrected chi connectivity index (χ0v) is 12.2. The van der Waals surface area contributed by atoms with Crippen molar-refractivity contribution in [1.82, 2.24) is 5.32 Å². The normalized spacial score (nSPS) is 11.6. The SMILES string of the molecule is C=C[C@@H](CCCc1ccccc1)NC(=O)c1ccccc1. The van der Waals surface area contributed by atoms with Crippen LogP contribution in [0.4, 0.5) is 0 Å². The summed E-state index contributed by atoms with van der Waals surface area (Å²) in [5, 5.41) is 3.01. The Balaban J connectivity index is 1.81. The molecule has 0 saturated carbocycles. The Morgan fingerprint density at radius 2 is 1.67 bits per heavy atom. The van der Waals surface area contributed by atoms with E-state index in [4.69, 9.17) is 0 Å². The van der Waals surface area contributed by atoms with Crippen LogP contribution in [0.2, 0.25) is 0 Å². The van der Waals surface area contributed by atoms with Gasteiger partial charge >= 0.3 is 0 Å². The maximum Gasteiger partial charge on any atom is 0.251 e. The predicted octanol–water partition coefficient (Wildman–Crippen LogP) is 3.99. The van der Waals surface area contributed by atoms with E-state index in [9.17, 15) is 4.79 Å². The first kappa shape index (κ1) is 15.0. The molecule has 21 heavy (non-hydrogen) atoms. The van der Waals surface area contributed by atoms with Crippen LogP contribution in [0.5, 0.6) is 0 Å². The zero-order chi connectivity index (χ0) is 14.9. The van der Waals surface area contributed by atoms with E-state index in [0.717, 1.165) is 19.3 Å². The number of hydrogen-bond acceptors (Lipinski definition) is 1. The minimum absolute atomic E-state index is 0.0152. The van der Waals surface area contributed by atoms with E-state index >= 15 is 0 Å². The summed E-state index contributed by atoms with van der Waals surface area (Å²) in [6.07, 6.45) is 4.75. The number of nitrogens with one attached hydrogen (secondary N) is 1. The van der Waals surface area contributed by atoms with Gasteiger partial charge in [-0.1, -0.05) is 54.6 Å². The fraction of sp³-hybridized carbons (Fsp3) is 0.211. The summed E-state index contributed by atoms with van der Waals surface area (Å²) in [6, 6.07) is 19.7. The lowest BCUT2D eigenvalue weighted by Gasteiger charge is -2.14. The standard InChI is InChI=1S/C19H21NO/c1-2-18(15-9-12-16-10-5-3-6-11-16)20-19(21)17-13-7-4-8-14-17/h2-8,10-11,13-14,18H,1,9,12,15H2,(H,20,21)/t18-/m0/s1. The maximum atomic E-state index is 12.1. The Labute approximate surface area is 126 Å².